The van der Waals surface area contributed by atoms with Gasteiger partial charge in [0.15, 0.2) is 15.9 Å². The molecule has 0 heterocycles. The second kappa shape index (κ2) is 11.0. The summed E-state index contributed by atoms with van der Waals surface area (Å²) in [5.41, 5.74) is 8.20. The fraction of sp³-hybridized carbons (Fsp3) is 0.231. The van der Waals surface area contributed by atoms with Crippen molar-refractivity contribution in [3.05, 3.63) is 83.9 Å². The molecule has 0 radical (unpaired) electrons. The van der Waals surface area contributed by atoms with Crippen LogP contribution in [-0.4, -0.2) is 32.5 Å². The summed E-state index contributed by atoms with van der Waals surface area (Å²) in [4.78, 5) is 13.2. The van der Waals surface area contributed by atoms with Crippen LogP contribution in [0.15, 0.2) is 77.7 Å². The molecule has 4 N–H and O–H groups in total. The van der Waals surface area contributed by atoms with Crippen LogP contribution in [-0.2, 0) is 21.2 Å². The van der Waals surface area contributed by atoms with Crippen molar-refractivity contribution in [1.29, 1.82) is 5.41 Å². The number of rotatable bonds is 10. The molecule has 0 spiro atoms. The largest absolute Gasteiger partial charge is 0.481 e. The van der Waals surface area contributed by atoms with Gasteiger partial charge in [-0.2, -0.15) is 0 Å². The molecule has 1 amide bonds. The van der Waals surface area contributed by atoms with Crippen LogP contribution in [0, 0.1) is 5.41 Å². The minimum absolute atomic E-state index is 0.0760. The van der Waals surface area contributed by atoms with Crippen molar-refractivity contribution in [2.75, 3.05) is 6.26 Å². The first-order valence-electron chi connectivity index (χ1n) is 11.0. The maximum atomic E-state index is 13.0. The molecule has 3 aromatic carbocycles. The van der Waals surface area contributed by atoms with Gasteiger partial charge in [-0.25, -0.2) is 8.42 Å². The highest BCUT2D eigenvalue weighted by Crippen LogP contribution is 2.30. The third-order valence-corrected chi connectivity index (χ3v) is 6.47. The SMILES string of the molecule is CCCC(Oc1cccc(C(=N)N)c1)C(=O)NCc1ccccc1-c1ccccc1S(C)(=O)=O. The standard InChI is InChI=1S/C26H29N3O4S/c1-3-9-23(33-20-12-8-11-18(16-20)25(27)28)26(30)29-17-19-10-4-5-13-21(19)22-14-6-7-15-24(22)34(2,31)32/h4-8,10-16,23H,3,9,17H2,1-2H3,(H3,27,28)(H,29,30). The van der Waals surface area contributed by atoms with Crippen LogP contribution in [0.3, 0.4) is 0 Å². The summed E-state index contributed by atoms with van der Waals surface area (Å²) in [5.74, 6) is 0.109. The van der Waals surface area contributed by atoms with Crippen LogP contribution in [0.5, 0.6) is 5.75 Å². The van der Waals surface area contributed by atoms with Crippen molar-refractivity contribution in [3.8, 4) is 16.9 Å². The van der Waals surface area contributed by atoms with Crippen LogP contribution in [0.25, 0.3) is 11.1 Å². The molecule has 0 fully saturated rings. The van der Waals surface area contributed by atoms with Gasteiger partial charge >= 0.3 is 0 Å². The average Bonchev–Trinajstić information content (AvgIpc) is 2.82. The Balaban J connectivity index is 1.81. The molecule has 0 saturated carbocycles. The van der Waals surface area contributed by atoms with Crippen molar-refractivity contribution < 1.29 is 17.9 Å². The molecule has 0 saturated heterocycles. The van der Waals surface area contributed by atoms with Crippen molar-refractivity contribution in [2.24, 2.45) is 5.73 Å². The van der Waals surface area contributed by atoms with Crippen LogP contribution in [0.2, 0.25) is 0 Å². The fourth-order valence-electron chi connectivity index (χ4n) is 3.65. The lowest BCUT2D eigenvalue weighted by Crippen LogP contribution is -2.38. The molecule has 1 atom stereocenters. The van der Waals surface area contributed by atoms with E-state index in [0.717, 1.165) is 17.5 Å². The van der Waals surface area contributed by atoms with Gasteiger partial charge < -0.3 is 15.8 Å². The zero-order valence-electron chi connectivity index (χ0n) is 19.2. The number of hydrogen-bond donors (Lipinski definition) is 3. The Hall–Kier alpha value is -3.65. The number of sulfone groups is 1. The predicted octanol–water partition coefficient (Wildman–Crippen LogP) is 3.91. The van der Waals surface area contributed by atoms with Crippen LogP contribution in [0.4, 0.5) is 0 Å². The Morgan fingerprint density at radius 2 is 1.71 bits per heavy atom. The molecule has 3 rings (SSSR count). The van der Waals surface area contributed by atoms with E-state index < -0.39 is 15.9 Å². The molecule has 8 heteroatoms. The number of amidine groups is 1. The molecule has 3 aromatic rings. The van der Waals surface area contributed by atoms with E-state index in [2.05, 4.69) is 5.32 Å². The lowest BCUT2D eigenvalue weighted by Gasteiger charge is -2.19. The van der Waals surface area contributed by atoms with E-state index in [4.69, 9.17) is 15.9 Å². The zero-order valence-corrected chi connectivity index (χ0v) is 20.1. The topological polar surface area (TPSA) is 122 Å². The third-order valence-electron chi connectivity index (χ3n) is 5.31. The van der Waals surface area contributed by atoms with Gasteiger partial charge in [-0.3, -0.25) is 10.2 Å². The second-order valence-corrected chi connectivity index (χ2v) is 9.96. The average molecular weight is 480 g/mol. The lowest BCUT2D eigenvalue weighted by molar-refractivity contribution is -0.128. The number of hydrogen-bond acceptors (Lipinski definition) is 5. The Morgan fingerprint density at radius 3 is 2.38 bits per heavy atom. The summed E-state index contributed by atoms with van der Waals surface area (Å²) >= 11 is 0. The molecule has 0 aliphatic rings. The van der Waals surface area contributed by atoms with E-state index in [-0.39, 0.29) is 23.2 Å². The predicted molar refractivity (Wildman–Crippen MR) is 134 cm³/mol. The fourth-order valence-corrected chi connectivity index (χ4v) is 4.56. The van der Waals surface area contributed by atoms with Gasteiger partial charge in [0.2, 0.25) is 0 Å². The maximum absolute atomic E-state index is 13.0. The minimum Gasteiger partial charge on any atom is -0.481 e. The van der Waals surface area contributed by atoms with E-state index in [0.29, 0.717) is 23.3 Å². The van der Waals surface area contributed by atoms with Gasteiger partial charge in [-0.05, 0) is 35.7 Å². The summed E-state index contributed by atoms with van der Waals surface area (Å²) in [5, 5.41) is 10.5. The van der Waals surface area contributed by atoms with E-state index in [1.165, 1.54) is 6.26 Å². The number of nitrogen functional groups attached to an aromatic ring is 1. The molecule has 0 aromatic heterocycles. The number of carbonyl (C=O) groups is 1. The number of benzene rings is 3. The van der Waals surface area contributed by atoms with E-state index in [1.807, 2.05) is 31.2 Å². The molecule has 178 valence electrons. The Bertz CT molecular complexity index is 1290. The number of carbonyl (C=O) groups excluding carboxylic acids is 1. The summed E-state index contributed by atoms with van der Waals surface area (Å²) in [7, 11) is -3.43. The molecular weight excluding hydrogens is 450 g/mol. The van der Waals surface area contributed by atoms with Crippen LogP contribution < -0.4 is 15.8 Å². The number of nitrogens with two attached hydrogens (primary N) is 1. The van der Waals surface area contributed by atoms with Crippen molar-refractivity contribution in [3.63, 3.8) is 0 Å². The summed E-state index contributed by atoms with van der Waals surface area (Å²) in [6, 6.07) is 21.0. The van der Waals surface area contributed by atoms with Crippen molar-refractivity contribution in [2.45, 2.75) is 37.3 Å². The Labute approximate surface area is 200 Å². The highest BCUT2D eigenvalue weighted by molar-refractivity contribution is 7.90. The Kier molecular flexibility index (Phi) is 8.07. The molecule has 34 heavy (non-hydrogen) atoms. The zero-order chi connectivity index (χ0) is 24.7. The number of amides is 1. The second-order valence-electron chi connectivity index (χ2n) is 7.98. The molecule has 1 unspecified atom stereocenters. The maximum Gasteiger partial charge on any atom is 0.261 e. The van der Waals surface area contributed by atoms with Gasteiger partial charge in [0.1, 0.15) is 11.6 Å². The van der Waals surface area contributed by atoms with E-state index in [9.17, 15) is 13.2 Å². The first-order valence-corrected chi connectivity index (χ1v) is 12.9. The minimum atomic E-state index is -3.43. The van der Waals surface area contributed by atoms with Gasteiger partial charge in [0.25, 0.3) is 5.91 Å². The molecule has 0 aliphatic heterocycles. The van der Waals surface area contributed by atoms with Crippen LogP contribution in [0.1, 0.15) is 30.9 Å². The number of nitrogens with one attached hydrogen (secondary N) is 2. The monoisotopic (exact) mass is 479 g/mol. The molecule has 0 aliphatic carbocycles. The molecule has 0 bridgehead atoms. The Morgan fingerprint density at radius 1 is 1.03 bits per heavy atom. The van der Waals surface area contributed by atoms with Gasteiger partial charge in [-0.1, -0.05) is 67.9 Å². The van der Waals surface area contributed by atoms with Crippen molar-refractivity contribution in [1.82, 2.24) is 5.32 Å². The molecular formula is C26H29N3O4S. The highest BCUT2D eigenvalue weighted by Gasteiger charge is 2.21. The quantitative estimate of drug-likeness (QED) is 0.301. The normalized spacial score (nSPS) is 12.1. The first-order chi connectivity index (χ1) is 16.2. The lowest BCUT2D eigenvalue weighted by atomic mass is 9.99. The summed E-state index contributed by atoms with van der Waals surface area (Å²) in [6.07, 6.45) is 1.71. The number of ether oxygens (including phenoxy) is 1. The van der Waals surface area contributed by atoms with Crippen molar-refractivity contribution >= 4 is 21.6 Å². The van der Waals surface area contributed by atoms with E-state index >= 15 is 0 Å². The van der Waals surface area contributed by atoms with Gasteiger partial charge in [0.05, 0.1) is 4.90 Å². The van der Waals surface area contributed by atoms with Gasteiger partial charge in [0, 0.05) is 23.9 Å². The van der Waals surface area contributed by atoms with Gasteiger partial charge in [-0.15, -0.1) is 0 Å². The first kappa shape index (κ1) is 25.0. The molecule has 7 nitrogen and oxygen atoms in total. The summed E-state index contributed by atoms with van der Waals surface area (Å²) < 4.78 is 30.5. The third kappa shape index (κ3) is 6.23. The summed E-state index contributed by atoms with van der Waals surface area (Å²) in [6.45, 7) is 2.18. The highest BCUT2D eigenvalue weighted by atomic mass is 32.2. The van der Waals surface area contributed by atoms with Crippen LogP contribution >= 0.6 is 0 Å². The van der Waals surface area contributed by atoms with E-state index in [1.54, 1.807) is 48.5 Å². The smallest absolute Gasteiger partial charge is 0.261 e.